The standard InChI is InChI=1S/C18H29N3O2/c1-5-21-12-11-16(13-14(21)3)20(4)18(22)19-15-7-9-17(10-8-15)23-6-2/h7-10,14,16H,5-6,11-13H2,1-4H3,(H,19,22). The van der Waals surface area contributed by atoms with E-state index in [0.29, 0.717) is 18.7 Å². The van der Waals surface area contributed by atoms with Gasteiger partial charge in [-0.15, -0.1) is 0 Å². The molecule has 1 aromatic carbocycles. The number of hydrogen-bond donors (Lipinski definition) is 1. The highest BCUT2D eigenvalue weighted by atomic mass is 16.5. The zero-order chi connectivity index (χ0) is 16.8. The quantitative estimate of drug-likeness (QED) is 0.904. The molecule has 0 bridgehead atoms. The van der Waals surface area contributed by atoms with Crippen molar-refractivity contribution in [3.63, 3.8) is 0 Å². The van der Waals surface area contributed by atoms with Gasteiger partial charge in [0, 0.05) is 31.4 Å². The number of benzene rings is 1. The average Bonchev–Trinajstić information content (AvgIpc) is 2.56. The van der Waals surface area contributed by atoms with E-state index in [1.807, 2.05) is 43.1 Å². The Labute approximate surface area is 139 Å². The van der Waals surface area contributed by atoms with E-state index >= 15 is 0 Å². The van der Waals surface area contributed by atoms with Gasteiger partial charge in [0.1, 0.15) is 5.75 Å². The first-order valence-electron chi connectivity index (χ1n) is 8.55. The van der Waals surface area contributed by atoms with Crippen LogP contribution in [0.4, 0.5) is 10.5 Å². The molecular formula is C18H29N3O2. The summed E-state index contributed by atoms with van der Waals surface area (Å²) in [6.45, 7) is 9.17. The molecule has 0 saturated carbocycles. The second kappa shape index (κ2) is 8.20. The van der Waals surface area contributed by atoms with Crippen LogP contribution in [0.25, 0.3) is 0 Å². The van der Waals surface area contributed by atoms with E-state index < -0.39 is 0 Å². The Morgan fingerprint density at radius 1 is 1.35 bits per heavy atom. The second-order valence-electron chi connectivity index (χ2n) is 6.15. The van der Waals surface area contributed by atoms with Crippen molar-refractivity contribution < 1.29 is 9.53 Å². The lowest BCUT2D eigenvalue weighted by Crippen LogP contribution is -2.50. The molecule has 1 aliphatic rings. The van der Waals surface area contributed by atoms with Crippen LogP contribution in [0.2, 0.25) is 0 Å². The zero-order valence-electron chi connectivity index (χ0n) is 14.7. The zero-order valence-corrected chi connectivity index (χ0v) is 14.7. The number of amides is 2. The topological polar surface area (TPSA) is 44.8 Å². The Morgan fingerprint density at radius 2 is 2.04 bits per heavy atom. The first-order valence-corrected chi connectivity index (χ1v) is 8.55. The smallest absolute Gasteiger partial charge is 0.321 e. The van der Waals surface area contributed by atoms with Gasteiger partial charge in [-0.3, -0.25) is 0 Å². The molecule has 0 aromatic heterocycles. The minimum Gasteiger partial charge on any atom is -0.494 e. The highest BCUT2D eigenvalue weighted by Crippen LogP contribution is 2.22. The molecule has 0 aliphatic carbocycles. The third kappa shape index (κ3) is 4.61. The Kier molecular flexibility index (Phi) is 6.28. The number of carbonyl (C=O) groups excluding carboxylic acids is 1. The van der Waals surface area contributed by atoms with Crippen molar-refractivity contribution in [1.82, 2.24) is 9.80 Å². The van der Waals surface area contributed by atoms with E-state index in [-0.39, 0.29) is 6.03 Å². The van der Waals surface area contributed by atoms with Crippen LogP contribution in [-0.2, 0) is 0 Å². The Bertz CT molecular complexity index is 503. The Balaban J connectivity index is 1.89. The third-order valence-electron chi connectivity index (χ3n) is 4.68. The summed E-state index contributed by atoms with van der Waals surface area (Å²) in [7, 11) is 1.89. The number of nitrogens with zero attached hydrogens (tertiary/aromatic N) is 2. The third-order valence-corrected chi connectivity index (χ3v) is 4.68. The summed E-state index contributed by atoms with van der Waals surface area (Å²) in [4.78, 5) is 16.8. The lowest BCUT2D eigenvalue weighted by molar-refractivity contribution is 0.104. The highest BCUT2D eigenvalue weighted by Gasteiger charge is 2.29. The summed E-state index contributed by atoms with van der Waals surface area (Å²) >= 11 is 0. The van der Waals surface area contributed by atoms with Crippen LogP contribution >= 0.6 is 0 Å². The minimum absolute atomic E-state index is 0.0451. The summed E-state index contributed by atoms with van der Waals surface area (Å²) < 4.78 is 5.41. The molecule has 1 aliphatic heterocycles. The van der Waals surface area contributed by atoms with Crippen LogP contribution < -0.4 is 10.1 Å². The number of carbonyl (C=O) groups is 1. The molecule has 5 heteroatoms. The van der Waals surface area contributed by atoms with Crippen LogP contribution in [0.5, 0.6) is 5.75 Å². The van der Waals surface area contributed by atoms with Crippen LogP contribution in [0.1, 0.15) is 33.6 Å². The maximum absolute atomic E-state index is 12.5. The largest absolute Gasteiger partial charge is 0.494 e. The molecule has 23 heavy (non-hydrogen) atoms. The second-order valence-corrected chi connectivity index (χ2v) is 6.15. The number of urea groups is 1. The summed E-state index contributed by atoms with van der Waals surface area (Å²) in [5, 5.41) is 2.97. The van der Waals surface area contributed by atoms with Crippen LogP contribution in [0, 0.1) is 0 Å². The molecule has 0 spiro atoms. The highest BCUT2D eigenvalue weighted by molar-refractivity contribution is 5.89. The number of anilines is 1. The first-order chi connectivity index (χ1) is 11.0. The van der Waals surface area contributed by atoms with Gasteiger partial charge in [-0.2, -0.15) is 0 Å². The molecule has 2 amide bonds. The predicted octanol–water partition coefficient (Wildman–Crippen LogP) is 3.42. The van der Waals surface area contributed by atoms with Crippen molar-refractivity contribution in [2.75, 3.05) is 32.1 Å². The molecule has 1 fully saturated rings. The van der Waals surface area contributed by atoms with Gasteiger partial charge in [-0.1, -0.05) is 6.92 Å². The Morgan fingerprint density at radius 3 is 2.61 bits per heavy atom. The monoisotopic (exact) mass is 319 g/mol. The SMILES string of the molecule is CCOc1ccc(NC(=O)N(C)C2CCN(CC)C(C)C2)cc1. The number of ether oxygens (including phenoxy) is 1. The molecule has 2 rings (SSSR count). The lowest BCUT2D eigenvalue weighted by atomic mass is 9.97. The molecule has 128 valence electrons. The van der Waals surface area contributed by atoms with Gasteiger partial charge >= 0.3 is 6.03 Å². The van der Waals surface area contributed by atoms with Gasteiger partial charge in [-0.25, -0.2) is 4.79 Å². The number of piperidine rings is 1. The van der Waals surface area contributed by atoms with Gasteiger partial charge < -0.3 is 19.9 Å². The summed E-state index contributed by atoms with van der Waals surface area (Å²) in [5.74, 6) is 0.819. The molecule has 1 N–H and O–H groups in total. The van der Waals surface area contributed by atoms with Crippen molar-refractivity contribution in [3.8, 4) is 5.75 Å². The minimum atomic E-state index is -0.0451. The molecular weight excluding hydrogens is 290 g/mol. The fourth-order valence-corrected chi connectivity index (χ4v) is 3.20. The molecule has 5 nitrogen and oxygen atoms in total. The predicted molar refractivity (Wildman–Crippen MR) is 94.1 cm³/mol. The molecule has 1 aromatic rings. The fraction of sp³-hybridized carbons (Fsp3) is 0.611. The van der Waals surface area contributed by atoms with Crippen molar-refractivity contribution in [2.45, 2.75) is 45.7 Å². The number of nitrogens with one attached hydrogen (secondary N) is 1. The molecule has 0 radical (unpaired) electrons. The molecule has 2 atom stereocenters. The van der Waals surface area contributed by atoms with Gasteiger partial charge in [0.15, 0.2) is 0 Å². The van der Waals surface area contributed by atoms with E-state index in [0.717, 1.165) is 37.4 Å². The van der Waals surface area contributed by atoms with Crippen molar-refractivity contribution in [1.29, 1.82) is 0 Å². The average molecular weight is 319 g/mol. The number of hydrogen-bond acceptors (Lipinski definition) is 3. The number of likely N-dealkylation sites (tertiary alicyclic amines) is 1. The van der Waals surface area contributed by atoms with Gasteiger partial charge in [0.05, 0.1) is 6.61 Å². The van der Waals surface area contributed by atoms with Gasteiger partial charge in [0.2, 0.25) is 0 Å². The van der Waals surface area contributed by atoms with Crippen molar-refractivity contribution in [3.05, 3.63) is 24.3 Å². The summed E-state index contributed by atoms with van der Waals surface area (Å²) in [6.07, 6.45) is 2.06. The van der Waals surface area contributed by atoms with E-state index in [4.69, 9.17) is 4.74 Å². The van der Waals surface area contributed by atoms with Gasteiger partial charge in [-0.05, 0) is 57.5 Å². The summed E-state index contributed by atoms with van der Waals surface area (Å²) in [5.41, 5.74) is 0.796. The fourth-order valence-electron chi connectivity index (χ4n) is 3.20. The first kappa shape index (κ1) is 17.6. The maximum atomic E-state index is 12.5. The van der Waals surface area contributed by atoms with Crippen LogP contribution in [-0.4, -0.2) is 54.7 Å². The van der Waals surface area contributed by atoms with E-state index in [1.165, 1.54) is 0 Å². The lowest BCUT2D eigenvalue weighted by Gasteiger charge is -2.40. The van der Waals surface area contributed by atoms with E-state index in [2.05, 4.69) is 24.1 Å². The molecule has 2 unspecified atom stereocenters. The molecule has 1 saturated heterocycles. The van der Waals surface area contributed by atoms with Crippen molar-refractivity contribution >= 4 is 11.7 Å². The molecule has 1 heterocycles. The van der Waals surface area contributed by atoms with E-state index in [9.17, 15) is 4.79 Å². The number of rotatable bonds is 5. The van der Waals surface area contributed by atoms with E-state index in [1.54, 1.807) is 0 Å². The maximum Gasteiger partial charge on any atom is 0.321 e. The normalized spacial score (nSPS) is 21.7. The van der Waals surface area contributed by atoms with Crippen LogP contribution in [0.3, 0.4) is 0 Å². The summed E-state index contributed by atoms with van der Waals surface area (Å²) in [6, 6.07) is 8.28. The Hall–Kier alpha value is -1.75. The van der Waals surface area contributed by atoms with Gasteiger partial charge in [0.25, 0.3) is 0 Å². The van der Waals surface area contributed by atoms with Crippen LogP contribution in [0.15, 0.2) is 24.3 Å². The van der Waals surface area contributed by atoms with Crippen molar-refractivity contribution in [2.24, 2.45) is 0 Å².